The molecule has 26 heavy (non-hydrogen) atoms. The van der Waals surface area contributed by atoms with Gasteiger partial charge in [-0.05, 0) is 43.2 Å². The summed E-state index contributed by atoms with van der Waals surface area (Å²) in [6.07, 6.45) is 0.940. The van der Waals surface area contributed by atoms with Crippen molar-refractivity contribution in [3.63, 3.8) is 0 Å². The van der Waals surface area contributed by atoms with Crippen LogP contribution in [0.25, 0.3) is 0 Å². The summed E-state index contributed by atoms with van der Waals surface area (Å²) in [6.45, 7) is 3.35. The van der Waals surface area contributed by atoms with E-state index in [9.17, 15) is 23.3 Å². The summed E-state index contributed by atoms with van der Waals surface area (Å²) < 4.78 is 25.0. The van der Waals surface area contributed by atoms with E-state index in [0.29, 0.717) is 5.69 Å². The van der Waals surface area contributed by atoms with Gasteiger partial charge >= 0.3 is 0 Å². The lowest BCUT2D eigenvalue weighted by atomic mass is 10.1. The maximum absolute atomic E-state index is 12.3. The van der Waals surface area contributed by atoms with Crippen LogP contribution >= 0.6 is 0 Å². The van der Waals surface area contributed by atoms with Gasteiger partial charge in [-0.2, -0.15) is 0 Å². The van der Waals surface area contributed by atoms with E-state index < -0.39 is 27.4 Å². The molecular formula is C17H19N3O5S. The number of benzene rings is 2. The summed E-state index contributed by atoms with van der Waals surface area (Å²) in [6, 6.07) is 10.5. The Morgan fingerprint density at radius 2 is 1.85 bits per heavy atom. The number of non-ortho nitro benzene ring substituents is 1. The molecule has 0 atom stereocenters. The molecule has 0 saturated heterocycles. The summed E-state index contributed by atoms with van der Waals surface area (Å²) in [5.74, 6) is -0.551. The number of carbonyl (C=O) groups excluding carboxylic acids is 1. The highest BCUT2D eigenvalue weighted by Gasteiger charge is 2.22. The first-order chi connectivity index (χ1) is 12.1. The van der Waals surface area contributed by atoms with E-state index in [-0.39, 0.29) is 11.4 Å². The Morgan fingerprint density at radius 1 is 1.15 bits per heavy atom. The van der Waals surface area contributed by atoms with Gasteiger partial charge in [-0.3, -0.25) is 19.2 Å². The van der Waals surface area contributed by atoms with Gasteiger partial charge in [-0.15, -0.1) is 0 Å². The highest BCUT2D eigenvalue weighted by molar-refractivity contribution is 7.92. The number of nitro groups is 1. The Hall–Kier alpha value is -2.94. The number of nitro benzene ring substituents is 1. The van der Waals surface area contributed by atoms with Crippen molar-refractivity contribution < 1.29 is 18.1 Å². The van der Waals surface area contributed by atoms with E-state index in [1.165, 1.54) is 18.2 Å². The van der Waals surface area contributed by atoms with Crippen molar-refractivity contribution in [2.75, 3.05) is 22.4 Å². The van der Waals surface area contributed by atoms with Crippen LogP contribution in [-0.2, 0) is 14.8 Å². The van der Waals surface area contributed by atoms with Crippen molar-refractivity contribution in [1.29, 1.82) is 0 Å². The molecule has 2 rings (SSSR count). The zero-order valence-corrected chi connectivity index (χ0v) is 15.4. The van der Waals surface area contributed by atoms with Gasteiger partial charge in [0.25, 0.3) is 5.69 Å². The van der Waals surface area contributed by atoms with Gasteiger partial charge in [0.05, 0.1) is 16.9 Å². The number of aryl methyl sites for hydroxylation is 2. The van der Waals surface area contributed by atoms with Crippen molar-refractivity contribution in [2.45, 2.75) is 13.8 Å². The molecule has 0 aliphatic rings. The van der Waals surface area contributed by atoms with Gasteiger partial charge in [0.1, 0.15) is 6.54 Å². The second-order valence-electron chi connectivity index (χ2n) is 5.89. The molecule has 0 unspecified atom stereocenters. The Bertz CT molecular complexity index is 957. The van der Waals surface area contributed by atoms with Gasteiger partial charge in [0.15, 0.2) is 0 Å². The summed E-state index contributed by atoms with van der Waals surface area (Å²) >= 11 is 0. The van der Waals surface area contributed by atoms with E-state index in [1.807, 2.05) is 19.9 Å². The first-order valence-corrected chi connectivity index (χ1v) is 9.52. The molecule has 0 aliphatic carbocycles. The van der Waals surface area contributed by atoms with Crippen LogP contribution in [0.4, 0.5) is 17.1 Å². The second kappa shape index (κ2) is 7.52. The first-order valence-electron chi connectivity index (χ1n) is 7.67. The van der Waals surface area contributed by atoms with E-state index in [0.717, 1.165) is 27.8 Å². The number of nitrogens with zero attached hydrogens (tertiary/aromatic N) is 2. The molecule has 1 amide bonds. The van der Waals surface area contributed by atoms with Crippen molar-refractivity contribution in [2.24, 2.45) is 0 Å². The van der Waals surface area contributed by atoms with Crippen molar-refractivity contribution in [1.82, 2.24) is 0 Å². The fraction of sp³-hybridized carbons (Fsp3) is 0.235. The minimum absolute atomic E-state index is 0.0527. The van der Waals surface area contributed by atoms with Crippen molar-refractivity contribution in [3.05, 3.63) is 63.7 Å². The molecule has 0 heterocycles. The van der Waals surface area contributed by atoms with E-state index >= 15 is 0 Å². The number of carbonyl (C=O) groups is 1. The molecule has 0 fully saturated rings. The summed E-state index contributed by atoms with van der Waals surface area (Å²) in [4.78, 5) is 22.6. The lowest BCUT2D eigenvalue weighted by Crippen LogP contribution is -2.37. The smallest absolute Gasteiger partial charge is 0.271 e. The Labute approximate surface area is 151 Å². The third kappa shape index (κ3) is 4.79. The zero-order chi connectivity index (χ0) is 19.5. The van der Waals surface area contributed by atoms with Gasteiger partial charge in [-0.25, -0.2) is 8.42 Å². The minimum Gasteiger partial charge on any atom is -0.325 e. The fourth-order valence-corrected chi connectivity index (χ4v) is 3.16. The monoisotopic (exact) mass is 377 g/mol. The Morgan fingerprint density at radius 3 is 2.42 bits per heavy atom. The molecule has 2 aromatic rings. The molecule has 2 aromatic carbocycles. The minimum atomic E-state index is -3.81. The van der Waals surface area contributed by atoms with Crippen LogP contribution in [0.3, 0.4) is 0 Å². The lowest BCUT2D eigenvalue weighted by Gasteiger charge is -2.21. The molecule has 8 nitrogen and oxygen atoms in total. The molecule has 0 bridgehead atoms. The first kappa shape index (κ1) is 19.4. The molecule has 1 N–H and O–H groups in total. The largest absolute Gasteiger partial charge is 0.325 e. The topological polar surface area (TPSA) is 110 Å². The summed E-state index contributed by atoms with van der Waals surface area (Å²) in [5, 5.41) is 13.5. The fourth-order valence-electron chi connectivity index (χ4n) is 2.31. The standard InChI is InChI=1S/C17H19N3O5S/c1-12-7-8-14(9-13(12)2)18-17(21)11-19(26(3,24)25)15-5-4-6-16(10-15)20(22)23/h4-10H,11H2,1-3H3,(H,18,21). The van der Waals surface area contributed by atoms with Crippen LogP contribution in [0, 0.1) is 24.0 Å². The van der Waals surface area contributed by atoms with E-state index in [2.05, 4.69) is 5.32 Å². The average Bonchev–Trinajstić information content (AvgIpc) is 2.55. The molecule has 0 saturated carbocycles. The Balaban J connectivity index is 2.25. The number of sulfonamides is 1. The van der Waals surface area contributed by atoms with Crippen LogP contribution in [0.15, 0.2) is 42.5 Å². The van der Waals surface area contributed by atoms with Gasteiger partial charge in [0.2, 0.25) is 15.9 Å². The maximum Gasteiger partial charge on any atom is 0.271 e. The van der Waals surface area contributed by atoms with Crippen LogP contribution in [0.1, 0.15) is 11.1 Å². The van der Waals surface area contributed by atoms with Gasteiger partial charge < -0.3 is 5.32 Å². The molecule has 0 aromatic heterocycles. The van der Waals surface area contributed by atoms with Crippen LogP contribution in [0.5, 0.6) is 0 Å². The average molecular weight is 377 g/mol. The molecular weight excluding hydrogens is 358 g/mol. The highest BCUT2D eigenvalue weighted by atomic mass is 32.2. The molecule has 0 aliphatic heterocycles. The lowest BCUT2D eigenvalue weighted by molar-refractivity contribution is -0.384. The van der Waals surface area contributed by atoms with Crippen molar-refractivity contribution >= 4 is 33.0 Å². The molecule has 0 spiro atoms. The zero-order valence-electron chi connectivity index (χ0n) is 14.6. The van der Waals surface area contributed by atoms with Crippen LogP contribution < -0.4 is 9.62 Å². The molecule has 0 radical (unpaired) electrons. The number of hydrogen-bond donors (Lipinski definition) is 1. The van der Waals surface area contributed by atoms with Crippen molar-refractivity contribution in [3.8, 4) is 0 Å². The summed E-state index contributed by atoms with van der Waals surface area (Å²) in [5.41, 5.74) is 2.40. The Kier molecular flexibility index (Phi) is 5.61. The number of rotatable bonds is 6. The van der Waals surface area contributed by atoms with E-state index in [1.54, 1.807) is 12.1 Å². The highest BCUT2D eigenvalue weighted by Crippen LogP contribution is 2.23. The van der Waals surface area contributed by atoms with Crippen LogP contribution in [-0.4, -0.2) is 32.0 Å². The maximum atomic E-state index is 12.3. The quantitative estimate of drug-likeness (QED) is 0.615. The SMILES string of the molecule is Cc1ccc(NC(=O)CN(c2cccc([N+](=O)[O-])c2)S(C)(=O)=O)cc1C. The second-order valence-corrected chi connectivity index (χ2v) is 7.80. The number of anilines is 2. The number of nitrogens with one attached hydrogen (secondary N) is 1. The molecule has 138 valence electrons. The third-order valence-corrected chi connectivity index (χ3v) is 4.95. The summed E-state index contributed by atoms with van der Waals surface area (Å²) in [7, 11) is -3.81. The van der Waals surface area contributed by atoms with Gasteiger partial charge in [-0.1, -0.05) is 12.1 Å². The van der Waals surface area contributed by atoms with Gasteiger partial charge in [0, 0.05) is 17.8 Å². The predicted octanol–water partition coefficient (Wildman–Crippen LogP) is 2.62. The molecule has 9 heteroatoms. The third-order valence-electron chi connectivity index (χ3n) is 3.81. The van der Waals surface area contributed by atoms with E-state index in [4.69, 9.17) is 0 Å². The van der Waals surface area contributed by atoms with Crippen LogP contribution in [0.2, 0.25) is 0 Å². The number of hydrogen-bond acceptors (Lipinski definition) is 5. The normalized spacial score (nSPS) is 11.0. The predicted molar refractivity (Wildman–Crippen MR) is 99.8 cm³/mol. The number of amides is 1.